The van der Waals surface area contributed by atoms with Gasteiger partial charge in [-0.3, -0.25) is 0 Å². The first kappa shape index (κ1) is 14.2. The Morgan fingerprint density at radius 1 is 1.26 bits per heavy atom. The Labute approximate surface area is 127 Å². The zero-order valence-corrected chi connectivity index (χ0v) is 13.4. The largest absolute Gasteiger partial charge is 0.369 e. The summed E-state index contributed by atoms with van der Waals surface area (Å²) < 4.78 is 3.13. The van der Waals surface area contributed by atoms with Crippen LogP contribution in [0.1, 0.15) is 26.7 Å². The van der Waals surface area contributed by atoms with Crippen molar-refractivity contribution in [1.82, 2.24) is 19.5 Å². The highest BCUT2D eigenvalue weighted by molar-refractivity contribution is 14.1. The van der Waals surface area contributed by atoms with E-state index in [1.807, 2.05) is 18.7 Å². The van der Waals surface area contributed by atoms with Crippen LogP contribution >= 0.6 is 22.6 Å². The Bertz CT molecular complexity index is 538. The molecule has 0 unspecified atom stereocenters. The molecule has 0 fully saturated rings. The minimum absolute atomic E-state index is 0.727. The molecule has 0 aliphatic rings. The van der Waals surface area contributed by atoms with Gasteiger partial charge >= 0.3 is 0 Å². The molecule has 0 saturated heterocycles. The lowest BCUT2D eigenvalue weighted by Gasteiger charge is -2.09. The van der Waals surface area contributed by atoms with Gasteiger partial charge in [0.2, 0.25) is 0 Å². The van der Waals surface area contributed by atoms with Crippen molar-refractivity contribution in [1.29, 1.82) is 0 Å². The van der Waals surface area contributed by atoms with Crippen LogP contribution in [0.15, 0.2) is 18.7 Å². The van der Waals surface area contributed by atoms with Crippen molar-refractivity contribution < 1.29 is 0 Å². The fourth-order valence-electron chi connectivity index (χ4n) is 1.78. The van der Waals surface area contributed by atoms with Crippen LogP contribution in [0.4, 0.5) is 5.82 Å². The second kappa shape index (κ2) is 6.83. The second-order valence-corrected chi connectivity index (χ2v) is 5.45. The second-order valence-electron chi connectivity index (χ2n) is 4.29. The van der Waals surface area contributed by atoms with E-state index in [-0.39, 0.29) is 0 Å². The topological polar surface area (TPSA) is 55.6 Å². The smallest absolute Gasteiger partial charge is 0.179 e. The zero-order valence-electron chi connectivity index (χ0n) is 11.2. The highest BCUT2D eigenvalue weighted by Gasteiger charge is 2.10. The maximum atomic E-state index is 4.60. The standard InChI is InChI=1S/C13H18IN5/c1-3-5-16-12-10(14)7-17-13(18-12)11-8-15-9-19(11)6-4-2/h7-9H,3-6H2,1-2H3,(H,16,17,18). The molecule has 0 bridgehead atoms. The molecule has 102 valence electrons. The molecule has 0 radical (unpaired) electrons. The van der Waals surface area contributed by atoms with E-state index in [1.54, 1.807) is 0 Å². The van der Waals surface area contributed by atoms with E-state index in [1.165, 1.54) is 0 Å². The minimum Gasteiger partial charge on any atom is -0.369 e. The third-order valence-corrected chi connectivity index (χ3v) is 3.48. The number of aromatic nitrogens is 4. The van der Waals surface area contributed by atoms with Gasteiger partial charge in [-0.1, -0.05) is 13.8 Å². The molecule has 2 aromatic heterocycles. The molecule has 0 amide bonds. The van der Waals surface area contributed by atoms with Crippen molar-refractivity contribution >= 4 is 28.4 Å². The van der Waals surface area contributed by atoms with Gasteiger partial charge in [-0.05, 0) is 35.4 Å². The molecule has 0 aliphatic carbocycles. The van der Waals surface area contributed by atoms with Gasteiger partial charge in [-0.15, -0.1) is 0 Å². The molecule has 5 nitrogen and oxygen atoms in total. The monoisotopic (exact) mass is 371 g/mol. The van der Waals surface area contributed by atoms with Crippen LogP contribution in [0.25, 0.3) is 11.5 Å². The van der Waals surface area contributed by atoms with Crippen LogP contribution in [-0.2, 0) is 6.54 Å². The van der Waals surface area contributed by atoms with Gasteiger partial charge in [0.05, 0.1) is 16.1 Å². The van der Waals surface area contributed by atoms with Crippen LogP contribution in [0.2, 0.25) is 0 Å². The average molecular weight is 371 g/mol. The molecule has 2 aromatic rings. The molecule has 0 aliphatic heterocycles. The molecule has 0 atom stereocenters. The fraction of sp³-hybridized carbons (Fsp3) is 0.462. The molecule has 1 N–H and O–H groups in total. The molecule has 6 heteroatoms. The summed E-state index contributed by atoms with van der Waals surface area (Å²) in [6.07, 6.45) is 7.64. The molecule has 2 heterocycles. The van der Waals surface area contributed by atoms with Crippen LogP contribution in [-0.4, -0.2) is 26.1 Å². The number of aryl methyl sites for hydroxylation is 1. The van der Waals surface area contributed by atoms with Crippen LogP contribution in [0.3, 0.4) is 0 Å². The summed E-state index contributed by atoms with van der Waals surface area (Å²) in [6, 6.07) is 0. The van der Waals surface area contributed by atoms with Crippen LogP contribution in [0.5, 0.6) is 0 Å². The maximum absolute atomic E-state index is 4.60. The first-order chi connectivity index (χ1) is 9.26. The molecular weight excluding hydrogens is 353 g/mol. The van der Waals surface area contributed by atoms with Gasteiger partial charge in [0.15, 0.2) is 5.82 Å². The van der Waals surface area contributed by atoms with E-state index in [0.717, 1.165) is 46.8 Å². The van der Waals surface area contributed by atoms with Gasteiger partial charge in [-0.2, -0.15) is 0 Å². The summed E-state index contributed by atoms with van der Waals surface area (Å²) >= 11 is 2.25. The Morgan fingerprint density at radius 2 is 2.11 bits per heavy atom. The Hall–Kier alpha value is -1.18. The lowest BCUT2D eigenvalue weighted by atomic mass is 10.4. The molecule has 0 spiro atoms. The van der Waals surface area contributed by atoms with E-state index in [9.17, 15) is 0 Å². The lowest BCUT2D eigenvalue weighted by molar-refractivity contribution is 0.681. The van der Waals surface area contributed by atoms with E-state index < -0.39 is 0 Å². The van der Waals surface area contributed by atoms with Gasteiger partial charge in [-0.25, -0.2) is 15.0 Å². The average Bonchev–Trinajstić information content (AvgIpc) is 2.87. The number of anilines is 1. The summed E-state index contributed by atoms with van der Waals surface area (Å²) in [5.74, 6) is 1.63. The molecule has 0 saturated carbocycles. The van der Waals surface area contributed by atoms with Crippen LogP contribution in [0, 0.1) is 3.57 Å². The molecular formula is C13H18IN5. The third-order valence-electron chi connectivity index (χ3n) is 2.69. The molecule has 2 rings (SSSR count). The van der Waals surface area contributed by atoms with E-state index in [4.69, 9.17) is 0 Å². The van der Waals surface area contributed by atoms with Crippen molar-refractivity contribution in [3.05, 3.63) is 22.3 Å². The minimum atomic E-state index is 0.727. The number of nitrogens with zero attached hydrogens (tertiary/aromatic N) is 4. The Kier molecular flexibility index (Phi) is 5.12. The summed E-state index contributed by atoms with van der Waals surface area (Å²) in [7, 11) is 0. The number of hydrogen-bond donors (Lipinski definition) is 1. The number of hydrogen-bond acceptors (Lipinski definition) is 4. The van der Waals surface area contributed by atoms with Crippen molar-refractivity contribution in [2.45, 2.75) is 33.2 Å². The van der Waals surface area contributed by atoms with Gasteiger partial charge < -0.3 is 9.88 Å². The number of rotatable bonds is 6. The third kappa shape index (κ3) is 3.43. The predicted molar refractivity (Wildman–Crippen MR) is 85.0 cm³/mol. The Balaban J connectivity index is 2.31. The lowest BCUT2D eigenvalue weighted by Crippen LogP contribution is -2.07. The fourth-order valence-corrected chi connectivity index (χ4v) is 2.23. The summed E-state index contributed by atoms with van der Waals surface area (Å²) in [6.45, 7) is 6.13. The van der Waals surface area contributed by atoms with Crippen LogP contribution < -0.4 is 5.32 Å². The summed E-state index contributed by atoms with van der Waals surface area (Å²) in [4.78, 5) is 13.2. The predicted octanol–water partition coefficient (Wildman–Crippen LogP) is 3.18. The normalized spacial score (nSPS) is 10.7. The number of nitrogens with one attached hydrogen (secondary N) is 1. The summed E-state index contributed by atoms with van der Waals surface area (Å²) in [5, 5.41) is 3.33. The number of imidazole rings is 1. The van der Waals surface area contributed by atoms with E-state index >= 15 is 0 Å². The van der Waals surface area contributed by atoms with Crippen molar-refractivity contribution in [3.63, 3.8) is 0 Å². The van der Waals surface area contributed by atoms with Gasteiger partial charge in [0, 0.05) is 19.3 Å². The SMILES string of the molecule is CCCNc1nc(-c2cncn2CCC)ncc1I. The first-order valence-corrected chi connectivity index (χ1v) is 7.61. The zero-order chi connectivity index (χ0) is 13.7. The summed E-state index contributed by atoms with van der Waals surface area (Å²) in [5.41, 5.74) is 0.970. The van der Waals surface area contributed by atoms with Crippen molar-refractivity contribution in [2.24, 2.45) is 0 Å². The quantitative estimate of drug-likeness (QED) is 0.793. The Morgan fingerprint density at radius 3 is 2.84 bits per heavy atom. The maximum Gasteiger partial charge on any atom is 0.179 e. The van der Waals surface area contributed by atoms with E-state index in [0.29, 0.717) is 0 Å². The molecule has 19 heavy (non-hydrogen) atoms. The molecule has 0 aromatic carbocycles. The van der Waals surface area contributed by atoms with Gasteiger partial charge in [0.1, 0.15) is 11.5 Å². The highest BCUT2D eigenvalue weighted by Crippen LogP contribution is 2.20. The highest BCUT2D eigenvalue weighted by atomic mass is 127. The van der Waals surface area contributed by atoms with Gasteiger partial charge in [0.25, 0.3) is 0 Å². The van der Waals surface area contributed by atoms with Crippen molar-refractivity contribution in [2.75, 3.05) is 11.9 Å². The van der Waals surface area contributed by atoms with Crippen molar-refractivity contribution in [3.8, 4) is 11.5 Å². The first-order valence-electron chi connectivity index (χ1n) is 6.53. The van der Waals surface area contributed by atoms with E-state index in [2.05, 4.69) is 61.3 Å². The number of halogens is 1.